The number of nitrogens with zero attached hydrogens (tertiary/aromatic N) is 1. The summed E-state index contributed by atoms with van der Waals surface area (Å²) >= 11 is 1.75. The van der Waals surface area contributed by atoms with E-state index in [4.69, 9.17) is 0 Å². The molecular weight excluding hydrogens is 376 g/mol. The fourth-order valence-corrected chi connectivity index (χ4v) is 2.19. The molecule has 1 heterocycles. The van der Waals surface area contributed by atoms with Gasteiger partial charge in [0.25, 0.3) is 5.91 Å². The minimum Gasteiger partial charge on any atom is -0.336 e. The standard InChI is InChI=1S/C11H11F2IN2O.ClH/c12-8-6-9(13)10(14)5-7(8)11(17)16-3-1-15-2-4-16;/h5-6,15H,1-4H2;1H. The average Bonchev–Trinajstić information content (AvgIpc) is 2.34. The second-order valence-corrected chi connectivity index (χ2v) is 4.95. The smallest absolute Gasteiger partial charge is 0.256 e. The van der Waals surface area contributed by atoms with Gasteiger partial charge in [0.2, 0.25) is 0 Å². The number of hydrogen-bond acceptors (Lipinski definition) is 2. The molecule has 100 valence electrons. The summed E-state index contributed by atoms with van der Waals surface area (Å²) in [6, 6.07) is 2.02. The van der Waals surface area contributed by atoms with Gasteiger partial charge in [-0.1, -0.05) is 0 Å². The van der Waals surface area contributed by atoms with Crippen molar-refractivity contribution >= 4 is 40.9 Å². The van der Waals surface area contributed by atoms with Crippen molar-refractivity contribution < 1.29 is 13.6 Å². The van der Waals surface area contributed by atoms with E-state index in [0.29, 0.717) is 26.2 Å². The molecule has 1 aromatic carbocycles. The van der Waals surface area contributed by atoms with E-state index in [2.05, 4.69) is 5.32 Å². The zero-order valence-electron chi connectivity index (χ0n) is 9.38. The predicted molar refractivity (Wildman–Crippen MR) is 75.1 cm³/mol. The van der Waals surface area contributed by atoms with Crippen molar-refractivity contribution in [1.82, 2.24) is 10.2 Å². The van der Waals surface area contributed by atoms with Gasteiger partial charge in [-0.3, -0.25) is 4.79 Å². The molecule has 2 rings (SSSR count). The van der Waals surface area contributed by atoms with E-state index in [1.54, 1.807) is 27.5 Å². The fourth-order valence-electron chi connectivity index (χ4n) is 1.72. The van der Waals surface area contributed by atoms with Crippen LogP contribution in [-0.4, -0.2) is 37.0 Å². The number of piperazine rings is 1. The molecule has 0 atom stereocenters. The molecule has 1 amide bonds. The minimum absolute atomic E-state index is 0. The van der Waals surface area contributed by atoms with E-state index in [0.717, 1.165) is 6.07 Å². The molecule has 0 bridgehead atoms. The van der Waals surface area contributed by atoms with Gasteiger partial charge in [-0.25, -0.2) is 8.78 Å². The van der Waals surface area contributed by atoms with Crippen molar-refractivity contribution in [3.05, 3.63) is 32.9 Å². The summed E-state index contributed by atoms with van der Waals surface area (Å²) in [5.41, 5.74) is -0.0577. The lowest BCUT2D eigenvalue weighted by Gasteiger charge is -2.27. The highest BCUT2D eigenvalue weighted by atomic mass is 127. The molecule has 1 N–H and O–H groups in total. The molecule has 0 radical (unpaired) electrons. The Hall–Kier alpha value is -0.470. The number of benzene rings is 1. The maximum Gasteiger partial charge on any atom is 0.256 e. The lowest BCUT2D eigenvalue weighted by Crippen LogP contribution is -2.46. The lowest BCUT2D eigenvalue weighted by molar-refractivity contribution is 0.0731. The molecule has 1 saturated heterocycles. The van der Waals surface area contributed by atoms with Crippen molar-refractivity contribution in [3.63, 3.8) is 0 Å². The molecule has 1 aliphatic rings. The van der Waals surface area contributed by atoms with Crippen molar-refractivity contribution in [2.24, 2.45) is 0 Å². The first-order chi connectivity index (χ1) is 8.09. The fraction of sp³-hybridized carbons (Fsp3) is 0.364. The third kappa shape index (κ3) is 3.30. The molecule has 1 aromatic rings. The minimum atomic E-state index is -0.800. The van der Waals surface area contributed by atoms with Gasteiger partial charge in [0.15, 0.2) is 0 Å². The topological polar surface area (TPSA) is 32.3 Å². The van der Waals surface area contributed by atoms with Gasteiger partial charge in [0.05, 0.1) is 5.56 Å². The molecule has 0 unspecified atom stereocenters. The Morgan fingerprint density at radius 1 is 1.22 bits per heavy atom. The summed E-state index contributed by atoms with van der Waals surface area (Å²) in [6.45, 7) is 2.50. The summed E-state index contributed by atoms with van der Waals surface area (Å²) in [7, 11) is 0. The van der Waals surface area contributed by atoms with Crippen molar-refractivity contribution in [1.29, 1.82) is 0 Å². The first-order valence-electron chi connectivity index (χ1n) is 5.24. The van der Waals surface area contributed by atoms with Crippen LogP contribution in [0, 0.1) is 15.2 Å². The van der Waals surface area contributed by atoms with Crippen LogP contribution in [0.2, 0.25) is 0 Å². The van der Waals surface area contributed by atoms with Crippen molar-refractivity contribution in [2.45, 2.75) is 0 Å². The molecular formula is C11H12ClF2IN2O. The van der Waals surface area contributed by atoms with Crippen LogP contribution in [0.5, 0.6) is 0 Å². The highest BCUT2D eigenvalue weighted by Gasteiger charge is 2.22. The Morgan fingerprint density at radius 2 is 1.83 bits per heavy atom. The van der Waals surface area contributed by atoms with Crippen LogP contribution in [0.4, 0.5) is 8.78 Å². The molecule has 18 heavy (non-hydrogen) atoms. The predicted octanol–water partition coefficient (Wildman–Crippen LogP) is 2.04. The first-order valence-corrected chi connectivity index (χ1v) is 6.32. The normalized spacial score (nSPS) is 15.2. The largest absolute Gasteiger partial charge is 0.336 e. The first kappa shape index (κ1) is 15.6. The maximum atomic E-state index is 13.5. The van der Waals surface area contributed by atoms with Crippen molar-refractivity contribution in [3.8, 4) is 0 Å². The third-order valence-corrected chi connectivity index (χ3v) is 3.47. The number of carbonyl (C=O) groups is 1. The van der Waals surface area contributed by atoms with E-state index < -0.39 is 11.6 Å². The summed E-state index contributed by atoms with van der Waals surface area (Å²) < 4.78 is 26.9. The number of rotatable bonds is 1. The van der Waals surface area contributed by atoms with Crippen LogP contribution in [-0.2, 0) is 0 Å². The maximum absolute atomic E-state index is 13.5. The van der Waals surface area contributed by atoms with Crippen LogP contribution in [0.3, 0.4) is 0 Å². The van der Waals surface area contributed by atoms with E-state index >= 15 is 0 Å². The van der Waals surface area contributed by atoms with Crippen molar-refractivity contribution in [2.75, 3.05) is 26.2 Å². The molecule has 0 aromatic heterocycles. The van der Waals surface area contributed by atoms with Gasteiger partial charge < -0.3 is 10.2 Å². The Balaban J connectivity index is 0.00000162. The van der Waals surface area contributed by atoms with Crippen LogP contribution in [0.25, 0.3) is 0 Å². The van der Waals surface area contributed by atoms with Crippen LogP contribution in [0.15, 0.2) is 12.1 Å². The van der Waals surface area contributed by atoms with Crippen LogP contribution in [0.1, 0.15) is 10.4 Å². The second kappa shape index (κ2) is 6.63. The Labute approximate surface area is 123 Å². The van der Waals surface area contributed by atoms with E-state index in [1.807, 2.05) is 0 Å². The molecule has 7 heteroatoms. The Bertz CT molecular complexity index is 453. The Morgan fingerprint density at radius 3 is 2.44 bits per heavy atom. The van der Waals surface area contributed by atoms with E-state index in [9.17, 15) is 13.6 Å². The van der Waals surface area contributed by atoms with Crippen LogP contribution >= 0.6 is 35.0 Å². The quantitative estimate of drug-likeness (QED) is 0.590. The summed E-state index contributed by atoms with van der Waals surface area (Å²) in [5.74, 6) is -1.81. The van der Waals surface area contributed by atoms with Crippen LogP contribution < -0.4 is 5.32 Å². The number of hydrogen-bond donors (Lipinski definition) is 1. The van der Waals surface area contributed by atoms with Gasteiger partial charge in [-0.05, 0) is 28.7 Å². The third-order valence-electron chi connectivity index (χ3n) is 2.64. The van der Waals surface area contributed by atoms with Gasteiger partial charge in [0.1, 0.15) is 11.6 Å². The highest BCUT2D eigenvalue weighted by molar-refractivity contribution is 14.1. The molecule has 3 nitrogen and oxygen atoms in total. The van der Waals surface area contributed by atoms with E-state index in [1.165, 1.54) is 6.07 Å². The number of carbonyl (C=O) groups excluding carboxylic acids is 1. The van der Waals surface area contributed by atoms with Gasteiger partial charge >= 0.3 is 0 Å². The van der Waals surface area contributed by atoms with Gasteiger partial charge in [0, 0.05) is 35.8 Å². The lowest BCUT2D eigenvalue weighted by atomic mass is 10.1. The Kier molecular flexibility index (Phi) is 5.74. The number of amides is 1. The summed E-state index contributed by atoms with van der Waals surface area (Å²) in [5, 5.41) is 3.11. The zero-order valence-corrected chi connectivity index (χ0v) is 12.4. The highest BCUT2D eigenvalue weighted by Crippen LogP contribution is 2.18. The number of nitrogens with one attached hydrogen (secondary N) is 1. The molecule has 1 fully saturated rings. The average molecular weight is 389 g/mol. The molecule has 0 saturated carbocycles. The summed E-state index contributed by atoms with van der Waals surface area (Å²) in [6.07, 6.45) is 0. The monoisotopic (exact) mass is 388 g/mol. The number of halogens is 4. The molecule has 0 aliphatic carbocycles. The molecule has 0 spiro atoms. The summed E-state index contributed by atoms with van der Waals surface area (Å²) in [4.78, 5) is 13.6. The zero-order chi connectivity index (χ0) is 12.4. The SMILES string of the molecule is Cl.O=C(c1cc(I)c(F)cc1F)N1CCNCC1. The van der Waals surface area contributed by atoms with Gasteiger partial charge in [-0.2, -0.15) is 0 Å². The van der Waals surface area contributed by atoms with E-state index in [-0.39, 0.29) is 27.4 Å². The molecule has 1 aliphatic heterocycles. The van der Waals surface area contributed by atoms with Gasteiger partial charge in [-0.15, -0.1) is 12.4 Å². The second-order valence-electron chi connectivity index (χ2n) is 3.79.